The predicted molar refractivity (Wildman–Crippen MR) is 68.6 cm³/mol. The second-order valence-corrected chi connectivity index (χ2v) is 9.77. The van der Waals surface area contributed by atoms with Crippen LogP contribution in [0.1, 0.15) is 5.56 Å². The molecule has 0 aromatic heterocycles. The third-order valence-electron chi connectivity index (χ3n) is 2.75. The molecule has 0 fully saturated rings. The van der Waals surface area contributed by atoms with Crippen LogP contribution in [-0.4, -0.2) is 21.1 Å². The first kappa shape index (κ1) is 13.1. The van der Waals surface area contributed by atoms with Gasteiger partial charge in [0.25, 0.3) is 0 Å². The molecule has 1 aliphatic heterocycles. The molecule has 0 spiro atoms. The van der Waals surface area contributed by atoms with Gasteiger partial charge in [-0.3, -0.25) is 0 Å². The van der Waals surface area contributed by atoms with Crippen molar-refractivity contribution < 1.29 is 13.6 Å². The maximum Gasteiger partial charge on any atom is 0.208 e. The van der Waals surface area contributed by atoms with Gasteiger partial charge in [-0.05, 0) is 25.7 Å². The summed E-state index contributed by atoms with van der Waals surface area (Å²) in [6.45, 7) is 5.68. The molecule has 96 valence electrons. The molecule has 0 N–H and O–H groups in total. The predicted octanol–water partition coefficient (Wildman–Crippen LogP) is 2.99. The van der Waals surface area contributed by atoms with Gasteiger partial charge in [0.1, 0.15) is 18.4 Å². The Kier molecular flexibility index (Phi) is 3.17. The lowest BCUT2D eigenvalue weighted by atomic mass is 9.88. The van der Waals surface area contributed by atoms with Crippen molar-refractivity contribution in [2.45, 2.75) is 31.4 Å². The Labute approximate surface area is 107 Å². The number of ether oxygens (including phenoxy) is 1. The second-order valence-electron chi connectivity index (χ2n) is 5.34. The van der Waals surface area contributed by atoms with Crippen molar-refractivity contribution in [1.29, 1.82) is 5.26 Å². The summed E-state index contributed by atoms with van der Waals surface area (Å²) in [5.41, 5.74) is -1.03. The van der Waals surface area contributed by atoms with E-state index in [9.17, 15) is 9.65 Å². The number of hydrogen-bond acceptors (Lipinski definition) is 3. The molecule has 5 heteroatoms. The summed E-state index contributed by atoms with van der Waals surface area (Å²) in [5.74, 6) is 0.534. The van der Waals surface area contributed by atoms with Crippen LogP contribution < -0.4 is 4.74 Å². The molecule has 0 amide bonds. The van der Waals surface area contributed by atoms with E-state index >= 15 is 0 Å². The van der Waals surface area contributed by atoms with Crippen LogP contribution in [0.3, 0.4) is 0 Å². The lowest BCUT2D eigenvalue weighted by Crippen LogP contribution is -2.50. The topological polar surface area (TPSA) is 42.2 Å². The van der Waals surface area contributed by atoms with Gasteiger partial charge < -0.3 is 9.16 Å². The fraction of sp³-hybridized carbons (Fsp3) is 0.462. The Morgan fingerprint density at radius 1 is 1.44 bits per heavy atom. The number of rotatable bonds is 2. The first-order valence-electron chi connectivity index (χ1n) is 5.87. The average molecular weight is 265 g/mol. The van der Waals surface area contributed by atoms with Crippen LogP contribution in [0.2, 0.25) is 19.6 Å². The van der Waals surface area contributed by atoms with Crippen LogP contribution in [-0.2, 0) is 10.0 Å². The minimum absolute atomic E-state index is 0.144. The minimum atomic E-state index is -2.07. The number of para-hydroxylation sites is 1. The van der Waals surface area contributed by atoms with Gasteiger partial charge in [0.2, 0.25) is 5.60 Å². The number of alkyl halides is 1. The molecule has 1 aromatic carbocycles. The zero-order valence-corrected chi connectivity index (χ0v) is 11.7. The van der Waals surface area contributed by atoms with Gasteiger partial charge in [0.05, 0.1) is 0 Å². The van der Waals surface area contributed by atoms with Crippen LogP contribution in [0.4, 0.5) is 4.39 Å². The number of benzene rings is 1. The molecular weight excluding hydrogens is 249 g/mol. The molecule has 0 unspecified atom stereocenters. The summed E-state index contributed by atoms with van der Waals surface area (Å²) in [5, 5.41) is 9.47. The van der Waals surface area contributed by atoms with Gasteiger partial charge in [0.15, 0.2) is 14.5 Å². The Hall–Kier alpha value is -1.38. The molecule has 2 atom stereocenters. The smallest absolute Gasteiger partial charge is 0.208 e. The molecule has 1 aromatic rings. The van der Waals surface area contributed by atoms with Crippen LogP contribution >= 0.6 is 0 Å². The van der Waals surface area contributed by atoms with Crippen LogP contribution in [0, 0.1) is 11.3 Å². The summed E-state index contributed by atoms with van der Waals surface area (Å²) in [7, 11) is -2.07. The first-order valence-corrected chi connectivity index (χ1v) is 9.28. The van der Waals surface area contributed by atoms with E-state index < -0.39 is 20.1 Å². The monoisotopic (exact) mass is 265 g/mol. The molecule has 1 heterocycles. The number of nitriles is 1. The van der Waals surface area contributed by atoms with Crippen LogP contribution in [0.5, 0.6) is 5.75 Å². The molecular formula is C13H16FNO2Si. The van der Waals surface area contributed by atoms with E-state index in [0.717, 1.165) is 0 Å². The van der Waals surface area contributed by atoms with Crippen LogP contribution in [0.25, 0.3) is 0 Å². The van der Waals surface area contributed by atoms with E-state index in [1.54, 1.807) is 24.3 Å². The highest BCUT2D eigenvalue weighted by Gasteiger charge is 2.50. The van der Waals surface area contributed by atoms with Gasteiger partial charge >= 0.3 is 0 Å². The molecule has 0 saturated heterocycles. The normalized spacial score (nSPS) is 26.9. The van der Waals surface area contributed by atoms with Gasteiger partial charge in [-0.1, -0.05) is 18.2 Å². The fourth-order valence-electron chi connectivity index (χ4n) is 2.10. The Bertz CT molecular complexity index is 494. The van der Waals surface area contributed by atoms with E-state index in [1.807, 2.05) is 25.7 Å². The van der Waals surface area contributed by atoms with E-state index in [0.29, 0.717) is 11.3 Å². The lowest BCUT2D eigenvalue weighted by Gasteiger charge is -2.39. The maximum absolute atomic E-state index is 14.3. The average Bonchev–Trinajstić information content (AvgIpc) is 2.31. The highest BCUT2D eigenvalue weighted by molar-refractivity contribution is 6.69. The molecule has 0 bridgehead atoms. The summed E-state index contributed by atoms with van der Waals surface area (Å²) in [6, 6.07) is 9.04. The Morgan fingerprint density at radius 2 is 2.11 bits per heavy atom. The summed E-state index contributed by atoms with van der Waals surface area (Å²) in [4.78, 5) is 0. The number of nitrogens with zero attached hydrogens (tertiary/aromatic N) is 1. The standard InChI is InChI=1S/C13H16FNO2Si/c1-18(2,3)17-13(9-15)10-6-4-5-7-11(10)16-8-12(13)14/h4-7,12H,8H2,1-3H3/t12-,13-/m1/s1. The SMILES string of the molecule is C[Si](C)(C)O[C@]1(C#N)c2ccccc2OC[C@H]1F. The van der Waals surface area contributed by atoms with E-state index in [-0.39, 0.29) is 6.61 Å². The molecule has 2 rings (SSSR count). The van der Waals surface area contributed by atoms with Crippen molar-refractivity contribution >= 4 is 8.32 Å². The molecule has 18 heavy (non-hydrogen) atoms. The fourth-order valence-corrected chi connectivity index (χ4v) is 3.35. The molecule has 0 radical (unpaired) electrons. The van der Waals surface area contributed by atoms with Crippen molar-refractivity contribution in [1.82, 2.24) is 0 Å². The van der Waals surface area contributed by atoms with Crippen molar-refractivity contribution in [3.63, 3.8) is 0 Å². The van der Waals surface area contributed by atoms with E-state index in [4.69, 9.17) is 9.16 Å². The van der Waals surface area contributed by atoms with Crippen molar-refractivity contribution in [2.75, 3.05) is 6.61 Å². The van der Waals surface area contributed by atoms with E-state index in [2.05, 4.69) is 0 Å². The zero-order valence-electron chi connectivity index (χ0n) is 10.7. The van der Waals surface area contributed by atoms with Gasteiger partial charge in [0, 0.05) is 5.56 Å². The Balaban J connectivity index is 2.55. The van der Waals surface area contributed by atoms with Crippen LogP contribution in [0.15, 0.2) is 24.3 Å². The number of hydrogen-bond donors (Lipinski definition) is 0. The van der Waals surface area contributed by atoms with Crippen molar-refractivity contribution in [3.8, 4) is 11.8 Å². The number of halogens is 1. The van der Waals surface area contributed by atoms with Gasteiger partial charge in [-0.25, -0.2) is 4.39 Å². The minimum Gasteiger partial charge on any atom is -0.490 e. The van der Waals surface area contributed by atoms with Gasteiger partial charge in [-0.15, -0.1) is 0 Å². The maximum atomic E-state index is 14.3. The molecule has 3 nitrogen and oxygen atoms in total. The Morgan fingerprint density at radius 3 is 2.72 bits per heavy atom. The third-order valence-corrected chi connectivity index (χ3v) is 3.68. The van der Waals surface area contributed by atoms with E-state index in [1.165, 1.54) is 0 Å². The molecule has 1 aliphatic rings. The quantitative estimate of drug-likeness (QED) is 0.772. The van der Waals surface area contributed by atoms with Gasteiger partial charge in [-0.2, -0.15) is 5.26 Å². The summed E-state index contributed by atoms with van der Waals surface area (Å²) in [6.07, 6.45) is -1.47. The second kappa shape index (κ2) is 4.37. The zero-order chi connectivity index (χ0) is 13.4. The summed E-state index contributed by atoms with van der Waals surface area (Å²) >= 11 is 0. The third kappa shape index (κ3) is 2.14. The van der Waals surface area contributed by atoms with Crippen molar-refractivity contribution in [3.05, 3.63) is 29.8 Å². The highest BCUT2D eigenvalue weighted by atomic mass is 28.4. The highest BCUT2D eigenvalue weighted by Crippen LogP contribution is 2.42. The molecule has 0 aliphatic carbocycles. The summed E-state index contributed by atoms with van der Waals surface area (Å²) < 4.78 is 25.5. The molecule has 0 saturated carbocycles. The number of fused-ring (bicyclic) bond motifs is 1. The largest absolute Gasteiger partial charge is 0.490 e. The lowest BCUT2D eigenvalue weighted by molar-refractivity contribution is -0.0162. The van der Waals surface area contributed by atoms with Crippen molar-refractivity contribution in [2.24, 2.45) is 0 Å². The first-order chi connectivity index (χ1) is 8.39.